The van der Waals surface area contributed by atoms with Crippen LogP contribution >= 0.6 is 11.6 Å². The maximum atomic E-state index is 6.19. The molecule has 2 aromatic rings. The van der Waals surface area contributed by atoms with E-state index in [1.165, 1.54) is 0 Å². The summed E-state index contributed by atoms with van der Waals surface area (Å²) in [6.07, 6.45) is 7.67. The predicted molar refractivity (Wildman–Crippen MR) is 64.1 cm³/mol. The van der Waals surface area contributed by atoms with Gasteiger partial charge in [-0.25, -0.2) is 9.50 Å². The van der Waals surface area contributed by atoms with E-state index >= 15 is 0 Å². The average molecular weight is 237 g/mol. The first-order valence-corrected chi connectivity index (χ1v) is 5.95. The van der Waals surface area contributed by atoms with Gasteiger partial charge >= 0.3 is 0 Å². The Kier molecular flexibility index (Phi) is 2.44. The molecule has 3 heterocycles. The Morgan fingerprint density at radius 1 is 1.38 bits per heavy atom. The largest absolute Gasteiger partial charge is 0.353 e. The Hall–Kier alpha value is -1.29. The Morgan fingerprint density at radius 2 is 2.31 bits per heavy atom. The number of nitrogens with zero attached hydrogens (tertiary/aromatic N) is 4. The minimum Gasteiger partial charge on any atom is -0.353 e. The molecule has 16 heavy (non-hydrogen) atoms. The van der Waals surface area contributed by atoms with Crippen LogP contribution in [0.1, 0.15) is 12.8 Å². The number of hydrogen-bond donors (Lipinski definition) is 0. The van der Waals surface area contributed by atoms with E-state index in [1.54, 1.807) is 12.4 Å². The molecular weight excluding hydrogens is 224 g/mol. The van der Waals surface area contributed by atoms with Gasteiger partial charge in [-0.2, -0.15) is 5.10 Å². The molecule has 1 atom stereocenters. The summed E-state index contributed by atoms with van der Waals surface area (Å²) in [5.74, 6) is 0.991. The van der Waals surface area contributed by atoms with Gasteiger partial charge in [-0.15, -0.1) is 11.6 Å². The lowest BCUT2D eigenvalue weighted by atomic mass is 10.1. The summed E-state index contributed by atoms with van der Waals surface area (Å²) in [5, 5.41) is 4.45. The van der Waals surface area contributed by atoms with Crippen LogP contribution in [0.15, 0.2) is 24.7 Å². The Labute approximate surface area is 98.8 Å². The van der Waals surface area contributed by atoms with Crippen LogP contribution in [0.5, 0.6) is 0 Å². The van der Waals surface area contributed by atoms with Gasteiger partial charge in [-0.05, 0) is 18.9 Å². The summed E-state index contributed by atoms with van der Waals surface area (Å²) >= 11 is 6.19. The van der Waals surface area contributed by atoms with Crippen molar-refractivity contribution in [2.24, 2.45) is 0 Å². The fraction of sp³-hybridized carbons (Fsp3) is 0.455. The molecule has 1 aliphatic heterocycles. The SMILES string of the molecule is ClC1CCCN(c2nccn3nccc23)C1. The molecule has 0 amide bonds. The van der Waals surface area contributed by atoms with Crippen molar-refractivity contribution in [2.75, 3.05) is 18.0 Å². The Bertz CT molecular complexity index is 495. The molecule has 0 spiro atoms. The molecule has 1 aliphatic rings. The van der Waals surface area contributed by atoms with Crippen LogP contribution in [0, 0.1) is 0 Å². The van der Waals surface area contributed by atoms with Gasteiger partial charge in [0.25, 0.3) is 0 Å². The van der Waals surface area contributed by atoms with Gasteiger partial charge < -0.3 is 4.90 Å². The first kappa shape index (κ1) is 9.90. The van der Waals surface area contributed by atoms with Crippen LogP contribution in [-0.4, -0.2) is 33.1 Å². The van der Waals surface area contributed by atoms with E-state index in [2.05, 4.69) is 15.0 Å². The van der Waals surface area contributed by atoms with E-state index in [0.29, 0.717) is 0 Å². The average Bonchev–Trinajstić information content (AvgIpc) is 2.76. The van der Waals surface area contributed by atoms with Crippen LogP contribution in [0.25, 0.3) is 5.52 Å². The number of fused-ring (bicyclic) bond motifs is 1. The summed E-state index contributed by atoms with van der Waals surface area (Å²) in [6.45, 7) is 1.90. The predicted octanol–water partition coefficient (Wildman–Crippen LogP) is 1.94. The summed E-state index contributed by atoms with van der Waals surface area (Å²) in [4.78, 5) is 6.69. The molecule has 0 radical (unpaired) electrons. The highest BCUT2D eigenvalue weighted by atomic mass is 35.5. The molecule has 2 aromatic heterocycles. The molecule has 1 fully saturated rings. The van der Waals surface area contributed by atoms with Crippen molar-refractivity contribution in [2.45, 2.75) is 18.2 Å². The summed E-state index contributed by atoms with van der Waals surface area (Å²) < 4.78 is 1.85. The van der Waals surface area contributed by atoms with Gasteiger partial charge in [0.05, 0.1) is 11.6 Å². The summed E-state index contributed by atoms with van der Waals surface area (Å²) in [5.41, 5.74) is 1.05. The van der Waals surface area contributed by atoms with Crippen molar-refractivity contribution in [3.63, 3.8) is 0 Å². The minimum absolute atomic E-state index is 0.235. The lowest BCUT2D eigenvalue weighted by Crippen LogP contribution is -2.36. The fourth-order valence-electron chi connectivity index (χ4n) is 2.20. The number of piperidine rings is 1. The van der Waals surface area contributed by atoms with Gasteiger partial charge in [0, 0.05) is 25.5 Å². The zero-order chi connectivity index (χ0) is 11.0. The van der Waals surface area contributed by atoms with Crippen molar-refractivity contribution < 1.29 is 0 Å². The zero-order valence-corrected chi connectivity index (χ0v) is 9.64. The van der Waals surface area contributed by atoms with Crippen LogP contribution in [0.4, 0.5) is 5.82 Å². The van der Waals surface area contributed by atoms with E-state index in [1.807, 2.05) is 16.8 Å². The number of aromatic nitrogens is 3. The maximum Gasteiger partial charge on any atom is 0.154 e. The van der Waals surface area contributed by atoms with Crippen molar-refractivity contribution >= 4 is 22.9 Å². The third-order valence-corrected chi connectivity index (χ3v) is 3.32. The molecular formula is C11H13ClN4. The third kappa shape index (κ3) is 1.63. The van der Waals surface area contributed by atoms with Crippen molar-refractivity contribution in [1.82, 2.24) is 14.6 Å². The topological polar surface area (TPSA) is 33.4 Å². The standard InChI is InChI=1S/C11H13ClN4/c12-9-2-1-6-15(8-9)11-10-3-4-14-16(10)7-5-13-11/h3-5,7,9H,1-2,6,8H2. The zero-order valence-electron chi connectivity index (χ0n) is 8.88. The van der Waals surface area contributed by atoms with Gasteiger partial charge in [0.15, 0.2) is 5.82 Å². The first-order chi connectivity index (χ1) is 7.84. The van der Waals surface area contributed by atoms with E-state index in [-0.39, 0.29) is 5.38 Å². The lowest BCUT2D eigenvalue weighted by Gasteiger charge is -2.30. The molecule has 0 bridgehead atoms. The number of hydrogen-bond acceptors (Lipinski definition) is 3. The van der Waals surface area contributed by atoms with Crippen LogP contribution in [-0.2, 0) is 0 Å². The molecule has 0 saturated carbocycles. The molecule has 0 N–H and O–H groups in total. The summed E-state index contributed by atoms with van der Waals surface area (Å²) in [6, 6.07) is 1.99. The Balaban J connectivity index is 2.01. The van der Waals surface area contributed by atoms with Crippen LogP contribution < -0.4 is 4.90 Å². The van der Waals surface area contributed by atoms with Gasteiger partial charge in [0.2, 0.25) is 0 Å². The molecule has 3 rings (SSSR count). The lowest BCUT2D eigenvalue weighted by molar-refractivity contribution is 0.580. The van der Waals surface area contributed by atoms with E-state index in [4.69, 9.17) is 11.6 Å². The quantitative estimate of drug-likeness (QED) is 0.710. The fourth-order valence-corrected chi connectivity index (χ4v) is 2.53. The van der Waals surface area contributed by atoms with Crippen molar-refractivity contribution in [3.8, 4) is 0 Å². The second-order valence-electron chi connectivity index (χ2n) is 4.10. The number of rotatable bonds is 1. The highest BCUT2D eigenvalue weighted by Gasteiger charge is 2.20. The molecule has 0 aliphatic carbocycles. The van der Waals surface area contributed by atoms with Crippen molar-refractivity contribution in [3.05, 3.63) is 24.7 Å². The second kappa shape index (κ2) is 3.94. The van der Waals surface area contributed by atoms with Gasteiger partial charge in [0.1, 0.15) is 5.52 Å². The monoisotopic (exact) mass is 236 g/mol. The maximum absolute atomic E-state index is 6.19. The second-order valence-corrected chi connectivity index (χ2v) is 4.71. The van der Waals surface area contributed by atoms with Crippen LogP contribution in [0.2, 0.25) is 0 Å². The molecule has 1 unspecified atom stereocenters. The summed E-state index contributed by atoms with van der Waals surface area (Å²) in [7, 11) is 0. The third-order valence-electron chi connectivity index (χ3n) is 2.97. The molecule has 0 aromatic carbocycles. The molecule has 5 heteroatoms. The van der Waals surface area contributed by atoms with Crippen molar-refractivity contribution in [1.29, 1.82) is 0 Å². The first-order valence-electron chi connectivity index (χ1n) is 5.52. The highest BCUT2D eigenvalue weighted by Crippen LogP contribution is 2.23. The smallest absolute Gasteiger partial charge is 0.154 e. The number of alkyl halides is 1. The van der Waals surface area contributed by atoms with Gasteiger partial charge in [-0.3, -0.25) is 0 Å². The normalized spacial score (nSPS) is 21.6. The van der Waals surface area contributed by atoms with Gasteiger partial charge in [-0.1, -0.05) is 0 Å². The number of halogens is 1. The molecule has 4 nitrogen and oxygen atoms in total. The molecule has 84 valence electrons. The highest BCUT2D eigenvalue weighted by molar-refractivity contribution is 6.21. The van der Waals surface area contributed by atoms with E-state index < -0.39 is 0 Å². The Morgan fingerprint density at radius 3 is 3.19 bits per heavy atom. The number of anilines is 1. The van der Waals surface area contributed by atoms with Crippen LogP contribution in [0.3, 0.4) is 0 Å². The van der Waals surface area contributed by atoms with E-state index in [0.717, 1.165) is 37.3 Å². The molecule has 1 saturated heterocycles. The van der Waals surface area contributed by atoms with E-state index in [9.17, 15) is 0 Å². The minimum atomic E-state index is 0.235.